The molecular formula is C13H23N3O4. The summed E-state index contributed by atoms with van der Waals surface area (Å²) in [5, 5.41) is 11.7. The van der Waals surface area contributed by atoms with Gasteiger partial charge in [-0.05, 0) is 18.8 Å². The topological polar surface area (TPSA) is 113 Å². The normalized spacial score (nSPS) is 21.9. The van der Waals surface area contributed by atoms with Crippen LogP contribution < -0.4 is 11.1 Å². The molecule has 1 aliphatic heterocycles. The highest BCUT2D eigenvalue weighted by Gasteiger charge is 2.31. The maximum atomic E-state index is 12.1. The molecule has 7 nitrogen and oxygen atoms in total. The van der Waals surface area contributed by atoms with Crippen molar-refractivity contribution < 1.29 is 19.5 Å². The van der Waals surface area contributed by atoms with Crippen molar-refractivity contribution in [2.24, 2.45) is 17.6 Å². The Morgan fingerprint density at radius 2 is 2.10 bits per heavy atom. The van der Waals surface area contributed by atoms with E-state index >= 15 is 0 Å². The predicted octanol–water partition coefficient (Wildman–Crippen LogP) is 0.393. The summed E-state index contributed by atoms with van der Waals surface area (Å²) >= 11 is 0. The molecule has 0 spiro atoms. The first-order valence-corrected chi connectivity index (χ1v) is 6.94. The van der Waals surface area contributed by atoms with Crippen LogP contribution in [0.15, 0.2) is 0 Å². The number of rotatable bonds is 5. The molecule has 20 heavy (non-hydrogen) atoms. The summed E-state index contributed by atoms with van der Waals surface area (Å²) in [6, 6.07) is -1.36. The van der Waals surface area contributed by atoms with Crippen molar-refractivity contribution in [1.29, 1.82) is 0 Å². The van der Waals surface area contributed by atoms with E-state index in [9.17, 15) is 14.4 Å². The summed E-state index contributed by atoms with van der Waals surface area (Å²) in [5.41, 5.74) is 5.26. The minimum atomic E-state index is -1.05. The largest absolute Gasteiger partial charge is 0.480 e. The number of nitrogens with two attached hydrogens (primary N) is 1. The third-order valence-electron chi connectivity index (χ3n) is 3.87. The van der Waals surface area contributed by atoms with Crippen LogP contribution in [0.3, 0.4) is 0 Å². The minimum Gasteiger partial charge on any atom is -0.480 e. The van der Waals surface area contributed by atoms with Crippen LogP contribution in [0.5, 0.6) is 0 Å². The number of amides is 3. The molecule has 3 atom stereocenters. The number of nitrogens with one attached hydrogen (secondary N) is 1. The van der Waals surface area contributed by atoms with Gasteiger partial charge < -0.3 is 21.1 Å². The van der Waals surface area contributed by atoms with Crippen LogP contribution in [-0.2, 0) is 9.59 Å². The third-order valence-corrected chi connectivity index (χ3v) is 3.87. The van der Waals surface area contributed by atoms with E-state index in [1.807, 2.05) is 6.92 Å². The number of urea groups is 1. The van der Waals surface area contributed by atoms with E-state index in [4.69, 9.17) is 10.8 Å². The first-order valence-electron chi connectivity index (χ1n) is 6.94. The third kappa shape index (κ3) is 4.11. The summed E-state index contributed by atoms with van der Waals surface area (Å²) in [6.45, 7) is 4.43. The van der Waals surface area contributed by atoms with Gasteiger partial charge in [0.2, 0.25) is 5.91 Å². The number of aliphatic carboxylic acids is 1. The van der Waals surface area contributed by atoms with Crippen LogP contribution in [0.1, 0.15) is 33.1 Å². The van der Waals surface area contributed by atoms with Gasteiger partial charge in [-0.15, -0.1) is 0 Å². The number of carboxylic acid groups (broad SMARTS) is 1. The lowest BCUT2D eigenvalue weighted by atomic mass is 9.97. The molecular weight excluding hydrogens is 262 g/mol. The van der Waals surface area contributed by atoms with Gasteiger partial charge in [-0.3, -0.25) is 4.79 Å². The van der Waals surface area contributed by atoms with E-state index in [0.717, 1.165) is 0 Å². The molecule has 0 aliphatic carbocycles. The standard InChI is InChI=1S/C13H23N3O4/c1-3-8(2)10(12(18)19)15-13(20)16-6-4-5-9(7-16)11(14)17/h8-10H,3-7H2,1-2H3,(H2,14,17)(H,15,20)(H,18,19). The Morgan fingerprint density at radius 1 is 1.45 bits per heavy atom. The zero-order valence-electron chi connectivity index (χ0n) is 12.0. The van der Waals surface area contributed by atoms with Gasteiger partial charge >= 0.3 is 12.0 Å². The lowest BCUT2D eigenvalue weighted by Gasteiger charge is -2.32. The monoisotopic (exact) mass is 285 g/mol. The van der Waals surface area contributed by atoms with Gasteiger partial charge in [-0.2, -0.15) is 0 Å². The first kappa shape index (κ1) is 16.3. The Bertz CT molecular complexity index is 386. The maximum Gasteiger partial charge on any atom is 0.326 e. The lowest BCUT2D eigenvalue weighted by molar-refractivity contribution is -0.140. The molecule has 1 fully saturated rings. The molecule has 0 bridgehead atoms. The van der Waals surface area contributed by atoms with Gasteiger partial charge in [0.1, 0.15) is 6.04 Å². The smallest absolute Gasteiger partial charge is 0.326 e. The second-order valence-corrected chi connectivity index (χ2v) is 5.34. The van der Waals surface area contributed by atoms with Crippen molar-refractivity contribution in [1.82, 2.24) is 10.2 Å². The maximum absolute atomic E-state index is 12.1. The second kappa shape index (κ2) is 7.12. The van der Waals surface area contributed by atoms with Crippen molar-refractivity contribution >= 4 is 17.9 Å². The number of carboxylic acids is 1. The minimum absolute atomic E-state index is 0.159. The van der Waals surface area contributed by atoms with Crippen molar-refractivity contribution in [3.8, 4) is 0 Å². The molecule has 0 radical (unpaired) electrons. The van der Waals surface area contributed by atoms with E-state index in [1.54, 1.807) is 6.92 Å². The van der Waals surface area contributed by atoms with Crippen molar-refractivity contribution in [2.45, 2.75) is 39.2 Å². The molecule has 1 saturated heterocycles. The summed E-state index contributed by atoms with van der Waals surface area (Å²) < 4.78 is 0. The molecule has 1 aliphatic rings. The quantitative estimate of drug-likeness (QED) is 0.678. The SMILES string of the molecule is CCC(C)C(NC(=O)N1CCCC(C(N)=O)C1)C(=O)O. The zero-order chi connectivity index (χ0) is 15.3. The van der Waals surface area contributed by atoms with Crippen molar-refractivity contribution in [3.63, 3.8) is 0 Å². The molecule has 1 heterocycles. The molecule has 0 aromatic rings. The fourth-order valence-corrected chi connectivity index (χ4v) is 2.30. The van der Waals surface area contributed by atoms with Crippen LogP contribution in [-0.4, -0.2) is 47.0 Å². The number of hydrogen-bond donors (Lipinski definition) is 3. The summed E-state index contributed by atoms with van der Waals surface area (Å²) in [5.74, 6) is -1.97. The average molecular weight is 285 g/mol. The molecule has 4 N–H and O–H groups in total. The van der Waals surface area contributed by atoms with E-state index in [-0.39, 0.29) is 18.4 Å². The van der Waals surface area contributed by atoms with Crippen LogP contribution >= 0.6 is 0 Å². The number of piperidine rings is 1. The molecule has 0 aromatic heterocycles. The Hall–Kier alpha value is -1.79. The number of carbonyl (C=O) groups excluding carboxylic acids is 2. The number of carbonyl (C=O) groups is 3. The molecule has 7 heteroatoms. The van der Waals surface area contributed by atoms with Gasteiger partial charge in [0.15, 0.2) is 0 Å². The number of likely N-dealkylation sites (tertiary alicyclic amines) is 1. The fraction of sp³-hybridized carbons (Fsp3) is 0.769. The first-order chi connectivity index (χ1) is 9.36. The van der Waals surface area contributed by atoms with E-state index in [0.29, 0.717) is 25.8 Å². The predicted molar refractivity (Wildman–Crippen MR) is 72.9 cm³/mol. The van der Waals surface area contributed by atoms with Crippen LogP contribution in [0.4, 0.5) is 4.79 Å². The highest BCUT2D eigenvalue weighted by atomic mass is 16.4. The summed E-state index contributed by atoms with van der Waals surface area (Å²) in [6.07, 6.45) is 2.02. The average Bonchev–Trinajstić information content (AvgIpc) is 2.43. The van der Waals surface area contributed by atoms with Crippen LogP contribution in [0, 0.1) is 11.8 Å². The molecule has 114 valence electrons. The molecule has 0 saturated carbocycles. The van der Waals surface area contributed by atoms with Crippen molar-refractivity contribution in [2.75, 3.05) is 13.1 Å². The van der Waals surface area contributed by atoms with Crippen molar-refractivity contribution in [3.05, 3.63) is 0 Å². The molecule has 3 unspecified atom stereocenters. The second-order valence-electron chi connectivity index (χ2n) is 5.34. The number of primary amides is 1. The van der Waals surface area contributed by atoms with Gasteiger partial charge in [-0.1, -0.05) is 20.3 Å². The Kier molecular flexibility index (Phi) is 5.79. The summed E-state index contributed by atoms with van der Waals surface area (Å²) in [7, 11) is 0. The Balaban J connectivity index is 2.64. The van der Waals surface area contributed by atoms with E-state index in [1.165, 1.54) is 4.90 Å². The number of hydrogen-bond acceptors (Lipinski definition) is 3. The molecule has 1 rings (SSSR count). The van der Waals surface area contributed by atoms with E-state index < -0.39 is 23.9 Å². The number of nitrogens with zero attached hydrogens (tertiary/aromatic N) is 1. The van der Waals surface area contributed by atoms with Gasteiger partial charge in [0.25, 0.3) is 0 Å². The van der Waals surface area contributed by atoms with E-state index in [2.05, 4.69) is 5.32 Å². The molecule has 0 aromatic carbocycles. The fourth-order valence-electron chi connectivity index (χ4n) is 2.30. The molecule has 3 amide bonds. The zero-order valence-corrected chi connectivity index (χ0v) is 12.0. The Labute approximate surface area is 118 Å². The van der Waals surface area contributed by atoms with Crippen LogP contribution in [0.2, 0.25) is 0 Å². The highest BCUT2D eigenvalue weighted by molar-refractivity contribution is 5.83. The van der Waals surface area contributed by atoms with Gasteiger partial charge in [0.05, 0.1) is 5.92 Å². The Morgan fingerprint density at radius 3 is 2.60 bits per heavy atom. The summed E-state index contributed by atoms with van der Waals surface area (Å²) in [4.78, 5) is 35.9. The van der Waals surface area contributed by atoms with Gasteiger partial charge in [-0.25, -0.2) is 9.59 Å². The van der Waals surface area contributed by atoms with Crippen LogP contribution in [0.25, 0.3) is 0 Å². The van der Waals surface area contributed by atoms with Gasteiger partial charge in [0, 0.05) is 13.1 Å². The highest BCUT2D eigenvalue weighted by Crippen LogP contribution is 2.16. The lowest BCUT2D eigenvalue weighted by Crippen LogP contribution is -2.53.